The molecular formula is C19H27F2NO3. The van der Waals surface area contributed by atoms with Crippen molar-refractivity contribution >= 4 is 0 Å². The van der Waals surface area contributed by atoms with E-state index in [0.29, 0.717) is 25.4 Å². The van der Waals surface area contributed by atoms with E-state index in [4.69, 9.17) is 9.26 Å². The Morgan fingerprint density at radius 3 is 2.32 bits per heavy atom. The number of aliphatic hydroxyl groups excluding tert-OH is 1. The summed E-state index contributed by atoms with van der Waals surface area (Å²) >= 11 is 0. The highest BCUT2D eigenvalue weighted by atomic mass is 19.3. The smallest absolute Gasteiger partial charge is 0.248 e. The van der Waals surface area contributed by atoms with Crippen molar-refractivity contribution in [2.75, 3.05) is 0 Å². The summed E-state index contributed by atoms with van der Waals surface area (Å²) in [6, 6.07) is 0. The zero-order chi connectivity index (χ0) is 17.4. The van der Waals surface area contributed by atoms with Crippen LogP contribution in [0.15, 0.2) is 4.52 Å². The number of rotatable bonds is 5. The molecule has 6 heteroatoms. The van der Waals surface area contributed by atoms with Gasteiger partial charge in [0.1, 0.15) is 5.76 Å². The van der Waals surface area contributed by atoms with Crippen LogP contribution in [0.3, 0.4) is 0 Å². The first kappa shape index (κ1) is 17.4. The van der Waals surface area contributed by atoms with Gasteiger partial charge in [0.2, 0.25) is 5.92 Å². The Morgan fingerprint density at radius 2 is 1.68 bits per heavy atom. The molecule has 3 aliphatic carbocycles. The highest BCUT2D eigenvalue weighted by molar-refractivity contribution is 5.30. The summed E-state index contributed by atoms with van der Waals surface area (Å²) in [4.78, 5) is 0. The van der Waals surface area contributed by atoms with Gasteiger partial charge < -0.3 is 14.4 Å². The van der Waals surface area contributed by atoms with Crippen molar-refractivity contribution in [2.45, 2.75) is 101 Å². The van der Waals surface area contributed by atoms with Gasteiger partial charge in [-0.25, -0.2) is 8.78 Å². The molecule has 1 heterocycles. The van der Waals surface area contributed by atoms with E-state index in [1.165, 1.54) is 0 Å². The molecule has 0 atom stereocenters. The number of hydrogen-bond acceptors (Lipinski definition) is 4. The summed E-state index contributed by atoms with van der Waals surface area (Å²) in [6.45, 7) is 0.457. The first-order chi connectivity index (χ1) is 12.0. The second-order valence-electron chi connectivity index (χ2n) is 8.06. The SMILES string of the molecule is OC1CCC(OCc2c(C3CCC(F)(F)CC3)noc2C2CC2)CC1. The molecule has 25 heavy (non-hydrogen) atoms. The molecule has 0 bridgehead atoms. The van der Waals surface area contributed by atoms with Crippen molar-refractivity contribution < 1.29 is 23.1 Å². The van der Waals surface area contributed by atoms with Crippen LogP contribution in [-0.4, -0.2) is 28.4 Å². The fourth-order valence-corrected chi connectivity index (χ4v) is 4.19. The quantitative estimate of drug-likeness (QED) is 0.834. The van der Waals surface area contributed by atoms with Crippen LogP contribution in [-0.2, 0) is 11.3 Å². The number of nitrogens with zero attached hydrogens (tertiary/aromatic N) is 1. The first-order valence-corrected chi connectivity index (χ1v) is 9.67. The van der Waals surface area contributed by atoms with E-state index in [-0.39, 0.29) is 31.0 Å². The molecule has 4 rings (SSSR count). The number of hydrogen-bond donors (Lipinski definition) is 1. The van der Waals surface area contributed by atoms with Crippen LogP contribution in [0.1, 0.15) is 93.1 Å². The van der Waals surface area contributed by atoms with Crippen molar-refractivity contribution in [1.29, 1.82) is 0 Å². The Labute approximate surface area is 146 Å². The Morgan fingerprint density at radius 1 is 1.00 bits per heavy atom. The highest BCUT2D eigenvalue weighted by Gasteiger charge is 2.39. The lowest BCUT2D eigenvalue weighted by Crippen LogP contribution is -2.25. The van der Waals surface area contributed by atoms with E-state index in [2.05, 4.69) is 5.16 Å². The van der Waals surface area contributed by atoms with Gasteiger partial charge in [-0.15, -0.1) is 0 Å². The fraction of sp³-hybridized carbons (Fsp3) is 0.842. The van der Waals surface area contributed by atoms with Gasteiger partial charge in [-0.3, -0.25) is 0 Å². The molecule has 4 nitrogen and oxygen atoms in total. The average molecular weight is 355 g/mol. The fourth-order valence-electron chi connectivity index (χ4n) is 4.19. The molecule has 0 spiro atoms. The summed E-state index contributed by atoms with van der Waals surface area (Å²) in [5, 5.41) is 13.9. The van der Waals surface area contributed by atoms with E-state index in [0.717, 1.165) is 55.5 Å². The maximum absolute atomic E-state index is 13.5. The van der Waals surface area contributed by atoms with Gasteiger partial charge in [-0.1, -0.05) is 5.16 Å². The number of halogens is 2. The summed E-state index contributed by atoms with van der Waals surface area (Å²) in [7, 11) is 0. The van der Waals surface area contributed by atoms with Gasteiger partial charge in [0.15, 0.2) is 0 Å². The predicted molar refractivity (Wildman–Crippen MR) is 87.7 cm³/mol. The second-order valence-corrected chi connectivity index (χ2v) is 8.06. The first-order valence-electron chi connectivity index (χ1n) is 9.67. The molecule has 1 aromatic rings. The summed E-state index contributed by atoms with van der Waals surface area (Å²) in [5.74, 6) is -1.12. The van der Waals surface area contributed by atoms with Crippen molar-refractivity contribution in [2.24, 2.45) is 0 Å². The van der Waals surface area contributed by atoms with E-state index in [1.54, 1.807) is 0 Å². The van der Waals surface area contributed by atoms with Crippen molar-refractivity contribution in [3.8, 4) is 0 Å². The predicted octanol–water partition coefficient (Wildman–Crippen LogP) is 4.67. The van der Waals surface area contributed by atoms with E-state index >= 15 is 0 Å². The molecule has 3 saturated carbocycles. The molecule has 0 aromatic carbocycles. The Hall–Kier alpha value is -1.01. The van der Waals surface area contributed by atoms with Crippen LogP contribution in [0.25, 0.3) is 0 Å². The van der Waals surface area contributed by atoms with E-state index in [9.17, 15) is 13.9 Å². The third-order valence-corrected chi connectivity index (χ3v) is 6.01. The van der Waals surface area contributed by atoms with Crippen LogP contribution >= 0.6 is 0 Å². The number of aromatic nitrogens is 1. The van der Waals surface area contributed by atoms with Gasteiger partial charge in [0.05, 0.1) is 24.5 Å². The third-order valence-electron chi connectivity index (χ3n) is 6.01. The monoisotopic (exact) mass is 355 g/mol. The van der Waals surface area contributed by atoms with Crippen LogP contribution in [0.2, 0.25) is 0 Å². The number of aliphatic hydroxyl groups is 1. The summed E-state index contributed by atoms with van der Waals surface area (Å²) < 4.78 is 38.7. The zero-order valence-electron chi connectivity index (χ0n) is 14.6. The molecule has 0 saturated heterocycles. The van der Waals surface area contributed by atoms with E-state index < -0.39 is 5.92 Å². The molecule has 0 amide bonds. The maximum atomic E-state index is 13.5. The molecule has 140 valence electrons. The maximum Gasteiger partial charge on any atom is 0.248 e. The number of ether oxygens (including phenoxy) is 1. The van der Waals surface area contributed by atoms with Gasteiger partial charge in [-0.2, -0.15) is 0 Å². The van der Waals surface area contributed by atoms with Crippen molar-refractivity contribution in [3.05, 3.63) is 17.0 Å². The molecule has 3 aliphatic rings. The van der Waals surface area contributed by atoms with Crippen LogP contribution in [0.5, 0.6) is 0 Å². The minimum atomic E-state index is -2.53. The number of alkyl halides is 2. The lowest BCUT2D eigenvalue weighted by molar-refractivity contribution is -0.0390. The minimum Gasteiger partial charge on any atom is -0.393 e. The minimum absolute atomic E-state index is 0.0580. The Balaban J connectivity index is 1.45. The van der Waals surface area contributed by atoms with Crippen LogP contribution < -0.4 is 0 Å². The molecule has 0 radical (unpaired) electrons. The van der Waals surface area contributed by atoms with Gasteiger partial charge >= 0.3 is 0 Å². The topological polar surface area (TPSA) is 55.5 Å². The molecule has 1 aromatic heterocycles. The van der Waals surface area contributed by atoms with Crippen LogP contribution in [0, 0.1) is 0 Å². The Kier molecular flexibility index (Phi) is 4.84. The van der Waals surface area contributed by atoms with Crippen molar-refractivity contribution in [1.82, 2.24) is 5.16 Å². The molecule has 0 unspecified atom stereocenters. The lowest BCUT2D eigenvalue weighted by atomic mass is 9.83. The largest absolute Gasteiger partial charge is 0.393 e. The summed E-state index contributed by atoms with van der Waals surface area (Å²) in [6.07, 6.45) is 6.30. The summed E-state index contributed by atoms with van der Waals surface area (Å²) in [5.41, 5.74) is 1.87. The molecule has 1 N–H and O–H groups in total. The van der Waals surface area contributed by atoms with Gasteiger partial charge in [0, 0.05) is 30.2 Å². The standard InChI is InChI=1S/C19H27F2NO3/c20-19(21)9-7-12(8-10-19)17-16(18(25-22-17)13-1-2-13)11-24-15-5-3-14(23)4-6-15/h12-15,23H,1-11H2. The molecular weight excluding hydrogens is 328 g/mol. The van der Waals surface area contributed by atoms with Crippen molar-refractivity contribution in [3.63, 3.8) is 0 Å². The third kappa shape index (κ3) is 4.05. The molecule has 0 aliphatic heterocycles. The zero-order valence-corrected chi connectivity index (χ0v) is 14.6. The highest BCUT2D eigenvalue weighted by Crippen LogP contribution is 2.47. The normalized spacial score (nSPS) is 30.5. The molecule has 3 fully saturated rings. The van der Waals surface area contributed by atoms with E-state index in [1.807, 2.05) is 0 Å². The Bertz CT molecular complexity index is 581. The second kappa shape index (κ2) is 6.95. The van der Waals surface area contributed by atoms with Crippen LogP contribution in [0.4, 0.5) is 8.78 Å². The van der Waals surface area contributed by atoms with Gasteiger partial charge in [-0.05, 0) is 51.4 Å². The lowest BCUT2D eigenvalue weighted by Gasteiger charge is -2.28. The average Bonchev–Trinajstić information content (AvgIpc) is 3.35. The van der Waals surface area contributed by atoms with Gasteiger partial charge in [0.25, 0.3) is 0 Å².